The van der Waals surface area contributed by atoms with E-state index in [1.54, 1.807) is 0 Å². The van der Waals surface area contributed by atoms with Gasteiger partial charge >= 0.3 is 0 Å². The van der Waals surface area contributed by atoms with Crippen molar-refractivity contribution in [3.05, 3.63) is 17.0 Å². The summed E-state index contributed by atoms with van der Waals surface area (Å²) in [5, 5.41) is 9.98. The maximum absolute atomic E-state index is 11.0. The van der Waals surface area contributed by atoms with Gasteiger partial charge in [0.1, 0.15) is 0 Å². The predicted octanol–water partition coefficient (Wildman–Crippen LogP) is 0.978. The molecule has 2 heterocycles. The summed E-state index contributed by atoms with van der Waals surface area (Å²) >= 11 is 0. The first kappa shape index (κ1) is 8.29. The van der Waals surface area contributed by atoms with Crippen LogP contribution in [0.5, 0.6) is 0 Å². The molecule has 13 heavy (non-hydrogen) atoms. The fourth-order valence-corrected chi connectivity index (χ4v) is 1.90. The highest BCUT2D eigenvalue weighted by Gasteiger charge is 2.26. The van der Waals surface area contributed by atoms with E-state index >= 15 is 0 Å². The molecule has 1 aromatic heterocycles. The number of hydrogen-bond donors (Lipinski definition) is 2. The first-order valence-corrected chi connectivity index (χ1v) is 4.49. The number of rotatable bonds is 1. The number of carbonyl (C=O) groups excluding carboxylic acids is 1. The lowest BCUT2D eigenvalue weighted by molar-refractivity contribution is -0.119. The molecule has 1 aromatic rings. The topological polar surface area (TPSA) is 57.8 Å². The SMILES string of the molecule is Cc1n[nH]c(C)c1[C@@H]1CCC(=O)N1. The Balaban J connectivity index is 2.30. The van der Waals surface area contributed by atoms with Crippen molar-refractivity contribution >= 4 is 5.91 Å². The second kappa shape index (κ2) is 2.87. The van der Waals surface area contributed by atoms with E-state index in [0.717, 1.165) is 23.4 Å². The first-order chi connectivity index (χ1) is 6.18. The molecule has 0 spiro atoms. The molecule has 1 aliphatic rings. The highest BCUT2D eigenvalue weighted by molar-refractivity contribution is 5.78. The van der Waals surface area contributed by atoms with Gasteiger partial charge in [-0.05, 0) is 20.3 Å². The van der Waals surface area contributed by atoms with Crippen LogP contribution in [0.1, 0.15) is 35.8 Å². The van der Waals surface area contributed by atoms with Gasteiger partial charge in [0.25, 0.3) is 0 Å². The van der Waals surface area contributed by atoms with Crippen LogP contribution in [-0.4, -0.2) is 16.1 Å². The van der Waals surface area contributed by atoms with Gasteiger partial charge in [-0.15, -0.1) is 0 Å². The van der Waals surface area contributed by atoms with Crippen LogP contribution >= 0.6 is 0 Å². The molecule has 0 bridgehead atoms. The molecule has 1 atom stereocenters. The Morgan fingerprint density at radius 3 is 2.69 bits per heavy atom. The van der Waals surface area contributed by atoms with Gasteiger partial charge in [0, 0.05) is 17.7 Å². The summed E-state index contributed by atoms with van der Waals surface area (Å²) in [6, 6.07) is 0.172. The lowest BCUT2D eigenvalue weighted by Crippen LogP contribution is -2.19. The molecule has 0 unspecified atom stereocenters. The molecule has 4 heteroatoms. The monoisotopic (exact) mass is 179 g/mol. The van der Waals surface area contributed by atoms with Crippen LogP contribution in [0.2, 0.25) is 0 Å². The minimum atomic E-state index is 0.144. The number of nitrogens with zero attached hydrogens (tertiary/aromatic N) is 1. The molecular weight excluding hydrogens is 166 g/mol. The molecule has 1 aliphatic heterocycles. The Morgan fingerprint density at radius 1 is 1.46 bits per heavy atom. The zero-order valence-electron chi connectivity index (χ0n) is 7.85. The summed E-state index contributed by atoms with van der Waals surface area (Å²) in [5.74, 6) is 0.144. The number of nitrogens with one attached hydrogen (secondary N) is 2. The van der Waals surface area contributed by atoms with Gasteiger partial charge in [-0.3, -0.25) is 9.89 Å². The number of carbonyl (C=O) groups is 1. The summed E-state index contributed by atoms with van der Waals surface area (Å²) < 4.78 is 0. The first-order valence-electron chi connectivity index (χ1n) is 4.49. The van der Waals surface area contributed by atoms with Gasteiger partial charge in [-0.2, -0.15) is 5.10 Å². The average Bonchev–Trinajstić information content (AvgIpc) is 2.60. The number of aromatic amines is 1. The largest absolute Gasteiger partial charge is 0.349 e. The van der Waals surface area contributed by atoms with E-state index in [2.05, 4.69) is 15.5 Å². The Morgan fingerprint density at radius 2 is 2.23 bits per heavy atom. The highest BCUT2D eigenvalue weighted by atomic mass is 16.1. The maximum atomic E-state index is 11.0. The number of hydrogen-bond acceptors (Lipinski definition) is 2. The maximum Gasteiger partial charge on any atom is 0.220 e. The normalized spacial score (nSPS) is 22.0. The van der Waals surface area contributed by atoms with E-state index < -0.39 is 0 Å². The van der Waals surface area contributed by atoms with Crippen molar-refractivity contribution < 1.29 is 4.79 Å². The lowest BCUT2D eigenvalue weighted by Gasteiger charge is -2.09. The van der Waals surface area contributed by atoms with E-state index in [1.165, 1.54) is 0 Å². The van der Waals surface area contributed by atoms with Crippen LogP contribution in [0.15, 0.2) is 0 Å². The molecule has 4 nitrogen and oxygen atoms in total. The number of aromatic nitrogens is 2. The second-order valence-corrected chi connectivity index (χ2v) is 3.51. The van der Waals surface area contributed by atoms with Crippen LogP contribution in [0.3, 0.4) is 0 Å². The van der Waals surface area contributed by atoms with Crippen molar-refractivity contribution in [2.45, 2.75) is 32.7 Å². The summed E-state index contributed by atoms with van der Waals surface area (Å²) in [6.07, 6.45) is 1.52. The Labute approximate surface area is 76.7 Å². The minimum absolute atomic E-state index is 0.144. The van der Waals surface area contributed by atoms with Crippen molar-refractivity contribution in [2.75, 3.05) is 0 Å². The van der Waals surface area contributed by atoms with Crippen molar-refractivity contribution in [2.24, 2.45) is 0 Å². The summed E-state index contributed by atoms with van der Waals surface area (Å²) in [7, 11) is 0. The van der Waals surface area contributed by atoms with E-state index in [9.17, 15) is 4.79 Å². The number of H-pyrrole nitrogens is 1. The molecule has 1 fully saturated rings. The smallest absolute Gasteiger partial charge is 0.220 e. The van der Waals surface area contributed by atoms with Gasteiger partial charge in [0.05, 0.1) is 11.7 Å². The van der Waals surface area contributed by atoms with Crippen LogP contribution in [0.25, 0.3) is 0 Å². The molecule has 0 aliphatic carbocycles. The van der Waals surface area contributed by atoms with E-state index in [1.807, 2.05) is 13.8 Å². The molecule has 2 N–H and O–H groups in total. The lowest BCUT2D eigenvalue weighted by atomic mass is 10.0. The van der Waals surface area contributed by atoms with Gasteiger partial charge < -0.3 is 5.32 Å². The molecular formula is C9H13N3O. The van der Waals surface area contributed by atoms with Crippen molar-refractivity contribution in [1.29, 1.82) is 0 Å². The molecule has 70 valence electrons. The van der Waals surface area contributed by atoms with Crippen molar-refractivity contribution in [1.82, 2.24) is 15.5 Å². The Kier molecular flexibility index (Phi) is 1.83. The molecule has 0 saturated carbocycles. The zero-order valence-corrected chi connectivity index (χ0v) is 7.85. The van der Waals surface area contributed by atoms with Crippen LogP contribution in [0, 0.1) is 13.8 Å². The molecule has 1 amide bonds. The van der Waals surface area contributed by atoms with E-state index in [4.69, 9.17) is 0 Å². The standard InChI is InChI=1S/C9H13N3O/c1-5-9(6(2)12-11-5)7-3-4-8(13)10-7/h7H,3-4H2,1-2H3,(H,10,13)(H,11,12)/t7-/m0/s1. The summed E-state index contributed by atoms with van der Waals surface area (Å²) in [4.78, 5) is 11.0. The van der Waals surface area contributed by atoms with Crippen LogP contribution in [-0.2, 0) is 4.79 Å². The van der Waals surface area contributed by atoms with Crippen molar-refractivity contribution in [3.8, 4) is 0 Å². The van der Waals surface area contributed by atoms with Gasteiger partial charge in [-0.25, -0.2) is 0 Å². The zero-order chi connectivity index (χ0) is 9.42. The highest BCUT2D eigenvalue weighted by Crippen LogP contribution is 2.27. The van der Waals surface area contributed by atoms with Crippen molar-refractivity contribution in [3.63, 3.8) is 0 Å². The van der Waals surface area contributed by atoms with Gasteiger partial charge in [-0.1, -0.05) is 0 Å². The van der Waals surface area contributed by atoms with Crippen LogP contribution < -0.4 is 5.32 Å². The third-order valence-electron chi connectivity index (χ3n) is 2.53. The summed E-state index contributed by atoms with van der Waals surface area (Å²) in [5.41, 5.74) is 3.21. The Bertz CT molecular complexity index is 323. The fraction of sp³-hybridized carbons (Fsp3) is 0.556. The summed E-state index contributed by atoms with van der Waals surface area (Å²) in [6.45, 7) is 3.95. The molecule has 1 saturated heterocycles. The molecule has 0 aromatic carbocycles. The quantitative estimate of drug-likeness (QED) is 0.675. The molecule has 2 rings (SSSR count). The fourth-order valence-electron chi connectivity index (χ4n) is 1.90. The Hall–Kier alpha value is -1.32. The average molecular weight is 179 g/mol. The minimum Gasteiger partial charge on any atom is -0.349 e. The van der Waals surface area contributed by atoms with E-state index in [0.29, 0.717) is 6.42 Å². The third-order valence-corrected chi connectivity index (χ3v) is 2.53. The van der Waals surface area contributed by atoms with Crippen LogP contribution in [0.4, 0.5) is 0 Å². The third kappa shape index (κ3) is 1.32. The second-order valence-electron chi connectivity index (χ2n) is 3.51. The predicted molar refractivity (Wildman–Crippen MR) is 48.2 cm³/mol. The molecule has 0 radical (unpaired) electrons. The van der Waals surface area contributed by atoms with E-state index in [-0.39, 0.29) is 11.9 Å². The van der Waals surface area contributed by atoms with Gasteiger partial charge in [0.2, 0.25) is 5.91 Å². The van der Waals surface area contributed by atoms with Gasteiger partial charge in [0.15, 0.2) is 0 Å². The number of amides is 1. The number of aryl methyl sites for hydroxylation is 2.